The quantitative estimate of drug-likeness (QED) is 0.383. The number of anilines is 1. The Balaban J connectivity index is 1.66. The number of nitrogens with zero attached hydrogens (tertiary/aromatic N) is 4. The molecule has 0 spiro atoms. The van der Waals surface area contributed by atoms with Crippen LogP contribution in [0.1, 0.15) is 0 Å². The van der Waals surface area contributed by atoms with E-state index in [0.29, 0.717) is 16.5 Å². The first-order valence-electron chi connectivity index (χ1n) is 7.87. The number of hydrogen-bond acceptors (Lipinski definition) is 6. The summed E-state index contributed by atoms with van der Waals surface area (Å²) in [6, 6.07) is 8.61. The highest BCUT2D eigenvalue weighted by Gasteiger charge is 2.16. The van der Waals surface area contributed by atoms with Crippen molar-refractivity contribution in [1.82, 2.24) is 14.8 Å². The van der Waals surface area contributed by atoms with Crippen LogP contribution in [0.4, 0.5) is 20.2 Å². The normalized spacial score (nSPS) is 10.7. The lowest BCUT2D eigenvalue weighted by Gasteiger charge is -2.06. The maximum atomic E-state index is 13.7. The molecule has 0 atom stereocenters. The number of aromatic nitrogens is 3. The maximum absolute atomic E-state index is 13.7. The van der Waals surface area contributed by atoms with Gasteiger partial charge in [-0.25, -0.2) is 8.78 Å². The van der Waals surface area contributed by atoms with E-state index in [-0.39, 0.29) is 22.9 Å². The summed E-state index contributed by atoms with van der Waals surface area (Å²) < 4.78 is 28.4. The second kappa shape index (κ2) is 8.13. The summed E-state index contributed by atoms with van der Waals surface area (Å²) >= 11 is 1.06. The van der Waals surface area contributed by atoms with Crippen molar-refractivity contribution < 1.29 is 18.5 Å². The Bertz CT molecular complexity index is 1040. The van der Waals surface area contributed by atoms with Gasteiger partial charge in [-0.3, -0.25) is 14.9 Å². The molecule has 0 aliphatic heterocycles. The summed E-state index contributed by atoms with van der Waals surface area (Å²) in [5.41, 5.74) is 0.0535. The fraction of sp³-hybridized carbons (Fsp3) is 0.118. The number of carbonyl (C=O) groups excluding carboxylic acids is 1. The predicted octanol–water partition coefficient (Wildman–Crippen LogP) is 3.40. The first-order valence-corrected chi connectivity index (χ1v) is 8.85. The first kappa shape index (κ1) is 19.4. The van der Waals surface area contributed by atoms with Gasteiger partial charge in [-0.2, -0.15) is 0 Å². The van der Waals surface area contributed by atoms with E-state index >= 15 is 0 Å². The minimum absolute atomic E-state index is 0.114. The number of nitrogens with one attached hydrogen (secondary N) is 1. The molecule has 1 heterocycles. The van der Waals surface area contributed by atoms with Gasteiger partial charge in [-0.05, 0) is 30.3 Å². The van der Waals surface area contributed by atoms with Gasteiger partial charge in [0.15, 0.2) is 11.0 Å². The van der Waals surface area contributed by atoms with E-state index in [2.05, 4.69) is 15.5 Å². The molecule has 3 rings (SSSR count). The van der Waals surface area contributed by atoms with Gasteiger partial charge in [-0.1, -0.05) is 11.8 Å². The van der Waals surface area contributed by atoms with Gasteiger partial charge in [0.1, 0.15) is 11.6 Å². The highest BCUT2D eigenvalue weighted by atomic mass is 32.2. The van der Waals surface area contributed by atoms with Crippen LogP contribution in [-0.4, -0.2) is 31.3 Å². The molecule has 3 aromatic rings. The van der Waals surface area contributed by atoms with Crippen molar-refractivity contribution in [2.75, 3.05) is 11.1 Å². The first-order chi connectivity index (χ1) is 13.3. The third-order valence-electron chi connectivity index (χ3n) is 3.70. The van der Waals surface area contributed by atoms with Crippen LogP contribution in [0.15, 0.2) is 47.6 Å². The summed E-state index contributed by atoms with van der Waals surface area (Å²) in [4.78, 5) is 22.2. The van der Waals surface area contributed by atoms with Crippen molar-refractivity contribution in [1.29, 1.82) is 0 Å². The molecule has 11 heteroatoms. The minimum atomic E-state index is -0.777. The number of halogens is 2. The van der Waals surface area contributed by atoms with E-state index in [1.54, 1.807) is 23.7 Å². The van der Waals surface area contributed by atoms with Crippen molar-refractivity contribution in [2.24, 2.45) is 7.05 Å². The molecule has 0 radical (unpaired) electrons. The fourth-order valence-corrected chi connectivity index (χ4v) is 3.04. The summed E-state index contributed by atoms with van der Waals surface area (Å²) in [5, 5.41) is 21.5. The van der Waals surface area contributed by atoms with Gasteiger partial charge in [-0.15, -0.1) is 10.2 Å². The number of nitro groups is 1. The molecule has 2 aromatic carbocycles. The van der Waals surface area contributed by atoms with Crippen molar-refractivity contribution >= 4 is 29.0 Å². The van der Waals surface area contributed by atoms with E-state index in [1.165, 1.54) is 12.1 Å². The number of nitro benzene ring substituents is 1. The van der Waals surface area contributed by atoms with Crippen LogP contribution < -0.4 is 5.32 Å². The average molecular weight is 405 g/mol. The van der Waals surface area contributed by atoms with Crippen molar-refractivity contribution in [3.8, 4) is 11.4 Å². The smallest absolute Gasteiger partial charge is 0.271 e. The molecule has 0 fully saturated rings. The molecule has 0 saturated heterocycles. The molecule has 0 aliphatic carbocycles. The van der Waals surface area contributed by atoms with Crippen LogP contribution >= 0.6 is 11.8 Å². The van der Waals surface area contributed by atoms with E-state index in [9.17, 15) is 23.7 Å². The number of hydrogen-bond donors (Lipinski definition) is 1. The van der Waals surface area contributed by atoms with Gasteiger partial charge in [0.2, 0.25) is 5.91 Å². The number of carbonyl (C=O) groups is 1. The number of non-ortho nitro benzene ring substituents is 1. The third-order valence-corrected chi connectivity index (χ3v) is 4.72. The predicted molar refractivity (Wildman–Crippen MR) is 98.8 cm³/mol. The largest absolute Gasteiger partial charge is 0.323 e. The molecule has 0 aliphatic rings. The van der Waals surface area contributed by atoms with Crippen LogP contribution in [0.25, 0.3) is 11.4 Å². The Hall–Kier alpha value is -3.34. The topological polar surface area (TPSA) is 103 Å². The Labute approximate surface area is 161 Å². The Morgan fingerprint density at radius 2 is 1.93 bits per heavy atom. The maximum Gasteiger partial charge on any atom is 0.271 e. The Morgan fingerprint density at radius 3 is 2.61 bits per heavy atom. The van der Waals surface area contributed by atoms with Crippen molar-refractivity contribution in [3.63, 3.8) is 0 Å². The zero-order chi connectivity index (χ0) is 20.3. The molecule has 144 valence electrons. The lowest BCUT2D eigenvalue weighted by molar-refractivity contribution is -0.384. The molecule has 28 heavy (non-hydrogen) atoms. The van der Waals surface area contributed by atoms with Crippen molar-refractivity contribution in [2.45, 2.75) is 5.16 Å². The number of benzene rings is 2. The highest BCUT2D eigenvalue weighted by molar-refractivity contribution is 7.99. The second-order valence-corrected chi connectivity index (χ2v) is 6.57. The SMILES string of the molecule is Cn1c(SCC(=O)Nc2cc([N+](=O)[O-])ccc2F)nnc1-c1ccc(F)cc1. The van der Waals surface area contributed by atoms with Gasteiger partial charge in [0, 0.05) is 24.7 Å². The second-order valence-electron chi connectivity index (χ2n) is 5.63. The lowest BCUT2D eigenvalue weighted by Crippen LogP contribution is -2.15. The number of thioether (sulfide) groups is 1. The summed E-state index contributed by atoms with van der Waals surface area (Å²) in [7, 11) is 1.69. The van der Waals surface area contributed by atoms with Gasteiger partial charge < -0.3 is 9.88 Å². The molecule has 1 aromatic heterocycles. The number of rotatable bonds is 6. The Kier molecular flexibility index (Phi) is 5.64. The molecule has 1 N–H and O–H groups in total. The van der Waals surface area contributed by atoms with Crippen molar-refractivity contribution in [3.05, 3.63) is 64.2 Å². The minimum Gasteiger partial charge on any atom is -0.323 e. The molecular formula is C17H13F2N5O3S. The van der Waals surface area contributed by atoms with E-state index in [0.717, 1.165) is 30.0 Å². The van der Waals surface area contributed by atoms with Crippen LogP contribution in [0.5, 0.6) is 0 Å². The molecule has 1 amide bonds. The standard InChI is InChI=1S/C17H13F2N5O3S/c1-23-16(10-2-4-11(18)5-3-10)21-22-17(23)28-9-15(25)20-14-8-12(24(26)27)6-7-13(14)19/h2-8H,9H2,1H3,(H,20,25). The summed E-state index contributed by atoms with van der Waals surface area (Å²) in [6.07, 6.45) is 0. The zero-order valence-electron chi connectivity index (χ0n) is 14.4. The third kappa shape index (κ3) is 4.31. The average Bonchev–Trinajstić information content (AvgIpc) is 3.03. The molecule has 8 nitrogen and oxygen atoms in total. The molecule has 0 saturated carbocycles. The molecular weight excluding hydrogens is 392 g/mol. The van der Waals surface area contributed by atoms with Crippen LogP contribution in [-0.2, 0) is 11.8 Å². The van der Waals surface area contributed by atoms with Gasteiger partial charge in [0.25, 0.3) is 5.69 Å². The highest BCUT2D eigenvalue weighted by Crippen LogP contribution is 2.24. The Morgan fingerprint density at radius 1 is 1.21 bits per heavy atom. The summed E-state index contributed by atoms with van der Waals surface area (Å²) in [6.45, 7) is 0. The lowest BCUT2D eigenvalue weighted by atomic mass is 10.2. The van der Waals surface area contributed by atoms with E-state index in [4.69, 9.17) is 0 Å². The molecule has 0 unspecified atom stereocenters. The van der Waals surface area contributed by atoms with Crippen LogP contribution in [0.3, 0.4) is 0 Å². The monoisotopic (exact) mass is 405 g/mol. The fourth-order valence-electron chi connectivity index (χ4n) is 2.33. The van der Waals surface area contributed by atoms with Gasteiger partial charge in [0.05, 0.1) is 16.4 Å². The van der Waals surface area contributed by atoms with Gasteiger partial charge >= 0.3 is 0 Å². The van der Waals surface area contributed by atoms with Crippen LogP contribution in [0.2, 0.25) is 0 Å². The summed E-state index contributed by atoms with van der Waals surface area (Å²) in [5.74, 6) is -1.33. The number of amides is 1. The van der Waals surface area contributed by atoms with E-state index in [1.807, 2.05) is 0 Å². The zero-order valence-corrected chi connectivity index (χ0v) is 15.2. The van der Waals surface area contributed by atoms with E-state index < -0.39 is 16.6 Å². The van der Waals surface area contributed by atoms with Crippen LogP contribution in [0, 0.1) is 21.7 Å². The molecule has 0 bridgehead atoms.